The number of rotatable bonds is 7. The molecular weight excluding hydrogens is 823 g/mol. The van der Waals surface area contributed by atoms with Gasteiger partial charge in [-0.25, -0.2) is 4.79 Å². The number of nitrogens with one attached hydrogen (secondary N) is 1. The third-order valence-corrected chi connectivity index (χ3v) is 15.6. The lowest BCUT2D eigenvalue weighted by Gasteiger charge is -2.63. The molecular formula is C46H60Cl2N4O9. The van der Waals surface area contributed by atoms with Crippen molar-refractivity contribution in [2.45, 2.75) is 99.5 Å². The summed E-state index contributed by atoms with van der Waals surface area (Å²) in [7, 11) is 6.15. The van der Waals surface area contributed by atoms with E-state index < -0.39 is 57.5 Å². The molecule has 61 heavy (non-hydrogen) atoms. The van der Waals surface area contributed by atoms with E-state index in [0.717, 1.165) is 33.4 Å². The molecule has 10 atom stereocenters. The number of nitrogens with zero attached hydrogens (tertiary/aromatic N) is 3. The highest BCUT2D eigenvalue weighted by atomic mass is 35.5. The van der Waals surface area contributed by atoms with Gasteiger partial charge in [0.25, 0.3) is 0 Å². The number of halogens is 2. The smallest absolute Gasteiger partial charge is 0.344 e. The molecule has 2 saturated heterocycles. The van der Waals surface area contributed by atoms with E-state index in [0.29, 0.717) is 82.6 Å². The van der Waals surface area contributed by atoms with Crippen molar-refractivity contribution >= 4 is 59.3 Å². The standard InChI is InChI=1S/C46H58N4O9.2ClH/c1-8-42(54)23-28-24-45(40(52)57-6,36-30(15-19-49(25-28)26-42)29-13-10-11-14-33(29)47-36)32-21-31-34(22-35(32)56-5)48(4)38-44(31)17-20-50-18-12-16-43(9-2,37(44)50)39(59-27(3)51)46(38,55)41(53)58-7;;/h10-14,16,21-22,28,37-39,47,54-55H,8-9,15,17-20,23-26H2,1-7H3;2*1H/t28-,37-,38+,39+,42-,43+,44+,45-,46-;;/m0../s1. The predicted octanol–water partition coefficient (Wildman–Crippen LogP) is 4.83. The van der Waals surface area contributed by atoms with Gasteiger partial charge in [0.2, 0.25) is 5.60 Å². The van der Waals surface area contributed by atoms with Gasteiger partial charge in [0.15, 0.2) is 6.10 Å². The Morgan fingerprint density at radius 1 is 0.934 bits per heavy atom. The number of carbonyl (C=O) groups excluding carboxylic acids is 3. The molecule has 0 radical (unpaired) electrons. The molecule has 1 aromatic heterocycles. The molecule has 6 aliphatic rings. The number of H-pyrrole nitrogens is 1. The predicted molar refractivity (Wildman–Crippen MR) is 235 cm³/mol. The van der Waals surface area contributed by atoms with Crippen LogP contribution in [0.2, 0.25) is 0 Å². The fraction of sp³-hybridized carbons (Fsp3) is 0.587. The molecule has 9 rings (SSSR count). The van der Waals surface area contributed by atoms with E-state index in [9.17, 15) is 19.8 Å². The number of aromatic amines is 1. The highest BCUT2D eigenvalue weighted by Crippen LogP contribution is 2.68. The van der Waals surface area contributed by atoms with Gasteiger partial charge < -0.3 is 39.0 Å². The van der Waals surface area contributed by atoms with Crippen LogP contribution in [0.4, 0.5) is 5.69 Å². The van der Waals surface area contributed by atoms with Gasteiger partial charge >= 0.3 is 17.9 Å². The van der Waals surface area contributed by atoms with Gasteiger partial charge in [-0.2, -0.15) is 0 Å². The van der Waals surface area contributed by atoms with Gasteiger partial charge in [-0.3, -0.25) is 19.4 Å². The molecule has 2 aromatic carbocycles. The Kier molecular flexibility index (Phi) is 11.7. The first-order valence-corrected chi connectivity index (χ1v) is 21.2. The van der Waals surface area contributed by atoms with Crippen LogP contribution >= 0.6 is 24.8 Å². The fourth-order valence-electron chi connectivity index (χ4n) is 13.5. The van der Waals surface area contributed by atoms with Crippen molar-refractivity contribution in [3.63, 3.8) is 0 Å². The van der Waals surface area contributed by atoms with Crippen molar-refractivity contribution in [1.29, 1.82) is 0 Å². The molecule has 1 unspecified atom stereocenters. The number of fused-ring (bicyclic) bond motifs is 6. The minimum absolute atomic E-state index is 0. The van der Waals surface area contributed by atoms with E-state index in [-0.39, 0.29) is 36.8 Å². The van der Waals surface area contributed by atoms with Crippen LogP contribution in [0, 0.1) is 11.3 Å². The average molecular weight is 884 g/mol. The number of hydrogen-bond acceptors (Lipinski definition) is 12. The Bertz CT molecular complexity index is 2270. The monoisotopic (exact) mass is 882 g/mol. The van der Waals surface area contributed by atoms with Gasteiger partial charge in [-0.1, -0.05) is 44.2 Å². The molecule has 1 spiro atoms. The molecule has 332 valence electrons. The van der Waals surface area contributed by atoms with Crippen molar-refractivity contribution in [2.24, 2.45) is 11.3 Å². The number of ether oxygens (including phenoxy) is 4. The van der Waals surface area contributed by atoms with Crippen LogP contribution in [0.25, 0.3) is 10.9 Å². The van der Waals surface area contributed by atoms with Gasteiger partial charge in [0, 0.05) is 90.9 Å². The highest BCUT2D eigenvalue weighted by molar-refractivity contribution is 5.95. The number of para-hydroxylation sites is 1. The topological polar surface area (TPSA) is 154 Å². The number of piperidine rings is 1. The summed E-state index contributed by atoms with van der Waals surface area (Å²) in [5.74, 6) is -1.56. The van der Waals surface area contributed by atoms with Gasteiger partial charge in [0.05, 0.1) is 33.0 Å². The first-order valence-electron chi connectivity index (χ1n) is 21.2. The summed E-state index contributed by atoms with van der Waals surface area (Å²) in [5.41, 5.74) is -1.62. The summed E-state index contributed by atoms with van der Waals surface area (Å²) >= 11 is 0. The van der Waals surface area contributed by atoms with E-state index in [1.165, 1.54) is 21.1 Å². The number of carbonyl (C=O) groups is 3. The summed E-state index contributed by atoms with van der Waals surface area (Å²) in [5, 5.41) is 26.3. The maximum atomic E-state index is 15.3. The fourth-order valence-corrected chi connectivity index (χ4v) is 13.5. The van der Waals surface area contributed by atoms with Gasteiger partial charge in [-0.05, 0) is 74.2 Å². The summed E-state index contributed by atoms with van der Waals surface area (Å²) in [4.78, 5) is 53.2. The maximum absolute atomic E-state index is 15.3. The van der Waals surface area contributed by atoms with E-state index in [4.69, 9.17) is 18.9 Å². The third kappa shape index (κ3) is 5.96. The Morgan fingerprint density at radius 3 is 2.34 bits per heavy atom. The van der Waals surface area contributed by atoms with Crippen molar-refractivity contribution < 1.29 is 43.5 Å². The molecule has 5 aliphatic heterocycles. The zero-order valence-electron chi connectivity index (χ0n) is 36.1. The molecule has 13 nitrogen and oxygen atoms in total. The number of anilines is 1. The van der Waals surface area contributed by atoms with Crippen LogP contribution in [-0.4, -0.2) is 133 Å². The number of hydrogen-bond donors (Lipinski definition) is 3. The number of benzene rings is 2. The van der Waals surface area contributed by atoms with Gasteiger partial charge in [0.1, 0.15) is 11.2 Å². The van der Waals surface area contributed by atoms with Crippen molar-refractivity contribution in [2.75, 3.05) is 66.0 Å². The van der Waals surface area contributed by atoms with E-state index >= 15 is 4.79 Å². The second kappa shape index (κ2) is 15.7. The van der Waals surface area contributed by atoms with Crippen LogP contribution in [0.3, 0.4) is 0 Å². The molecule has 3 N–H and O–H groups in total. The second-order valence-electron chi connectivity index (χ2n) is 18.2. The minimum atomic E-state index is -2.30. The molecule has 1 saturated carbocycles. The minimum Gasteiger partial charge on any atom is -0.496 e. The molecule has 6 heterocycles. The third-order valence-electron chi connectivity index (χ3n) is 15.6. The van der Waals surface area contributed by atoms with Crippen LogP contribution in [0.15, 0.2) is 48.6 Å². The SMILES string of the molecule is CC[C@]1(O)C[C@@H]2CN(CCc3c([nH]c4ccccc34)[C@@](C(=O)OC)(c3cc4c(cc3OC)N(C)[C@H]3[C@@](O)(C(=O)OC)[C@H](OC(C)=O)[C@]5(CC)C=CCN6CC[C@]43[C@@H]65)C2)C1.Cl.Cl. The molecule has 1 aliphatic carbocycles. The summed E-state index contributed by atoms with van der Waals surface area (Å²) < 4.78 is 23.9. The number of esters is 3. The van der Waals surface area contributed by atoms with E-state index in [1.54, 1.807) is 7.11 Å². The first-order chi connectivity index (χ1) is 28.2. The quantitative estimate of drug-likeness (QED) is 0.169. The Hall–Kier alpha value is -3.85. The molecule has 3 aromatic rings. The van der Waals surface area contributed by atoms with Crippen molar-refractivity contribution in [1.82, 2.24) is 14.8 Å². The number of likely N-dealkylation sites (N-methyl/N-ethyl adjacent to an activating group) is 1. The number of methoxy groups -OCH3 is 3. The molecule has 3 fully saturated rings. The lowest BCUT2D eigenvalue weighted by molar-refractivity contribution is -0.228. The number of aliphatic hydroxyl groups is 2. The zero-order valence-corrected chi connectivity index (χ0v) is 37.7. The van der Waals surface area contributed by atoms with E-state index in [1.807, 2.05) is 50.1 Å². The van der Waals surface area contributed by atoms with Crippen LogP contribution in [0.5, 0.6) is 5.75 Å². The highest BCUT2D eigenvalue weighted by Gasteiger charge is 2.80. The average Bonchev–Trinajstić information content (AvgIpc) is 3.90. The van der Waals surface area contributed by atoms with Gasteiger partial charge in [-0.15, -0.1) is 24.8 Å². The summed E-state index contributed by atoms with van der Waals surface area (Å²) in [6.45, 7) is 8.62. The summed E-state index contributed by atoms with van der Waals surface area (Å²) in [6, 6.07) is 11.0. The Labute approximate surface area is 369 Å². The lowest BCUT2D eigenvalue weighted by atomic mass is 9.47. The molecule has 2 bridgehead atoms. The van der Waals surface area contributed by atoms with Crippen LogP contribution in [0.1, 0.15) is 75.3 Å². The zero-order chi connectivity index (χ0) is 41.9. The second-order valence-corrected chi connectivity index (χ2v) is 18.2. The lowest BCUT2D eigenvalue weighted by Crippen LogP contribution is -2.81. The normalized spacial score (nSPS) is 35.8. The maximum Gasteiger partial charge on any atom is 0.344 e. The Balaban J connectivity index is 0.00000281. The summed E-state index contributed by atoms with van der Waals surface area (Å²) in [6.07, 6.45) is 5.94. The largest absolute Gasteiger partial charge is 0.496 e. The van der Waals surface area contributed by atoms with Crippen molar-refractivity contribution in [3.8, 4) is 5.75 Å². The first kappa shape index (κ1) is 45.2. The molecule has 0 amide bonds. The van der Waals surface area contributed by atoms with Crippen molar-refractivity contribution in [3.05, 3.63) is 70.9 Å². The Morgan fingerprint density at radius 2 is 1.67 bits per heavy atom. The molecule has 15 heteroatoms. The number of aromatic nitrogens is 1. The van der Waals surface area contributed by atoms with Crippen LogP contribution in [-0.2, 0) is 45.8 Å². The van der Waals surface area contributed by atoms with E-state index in [2.05, 4.69) is 39.1 Å². The van der Waals surface area contributed by atoms with Crippen LogP contribution < -0.4 is 9.64 Å².